The van der Waals surface area contributed by atoms with Crippen LogP contribution in [-0.4, -0.2) is 53.6 Å². The first-order valence-corrected chi connectivity index (χ1v) is 4.22. The van der Waals surface area contributed by atoms with Crippen LogP contribution in [0.5, 0.6) is 0 Å². The molecule has 1 fully saturated rings. The van der Waals surface area contributed by atoms with Gasteiger partial charge in [-0.1, -0.05) is 5.92 Å². The van der Waals surface area contributed by atoms with E-state index in [1.54, 1.807) is 7.05 Å². The lowest BCUT2D eigenvalue weighted by Gasteiger charge is -2.38. The predicted octanol–water partition coefficient (Wildman–Crippen LogP) is -0.312. The van der Waals surface area contributed by atoms with Crippen molar-refractivity contribution in [2.75, 3.05) is 26.7 Å². The first kappa shape index (κ1) is 10.4. The largest absolute Gasteiger partial charge is 0.481 e. The summed E-state index contributed by atoms with van der Waals surface area (Å²) in [5.74, 6) is 1.08. The summed E-state index contributed by atoms with van der Waals surface area (Å²) in [6.07, 6.45) is 5.05. The molecule has 5 nitrogen and oxygen atoms in total. The van der Waals surface area contributed by atoms with Crippen molar-refractivity contribution < 1.29 is 14.7 Å². The fraction of sp³-hybridized carbons (Fsp3) is 0.556. The zero-order valence-electron chi connectivity index (χ0n) is 7.93. The molecule has 0 aromatic rings. The maximum atomic E-state index is 11.4. The van der Waals surface area contributed by atoms with E-state index in [1.807, 2.05) is 0 Å². The standard InChI is InChI=1S/C9H12N2O3/c1-3-4-10(2)9(14)11-5-7(6-11)8(12)13/h1,7H,4-6H2,2H3,(H,12,13). The van der Waals surface area contributed by atoms with E-state index in [-0.39, 0.29) is 25.7 Å². The number of carboxylic acids is 1. The Hall–Kier alpha value is -1.70. The van der Waals surface area contributed by atoms with E-state index in [2.05, 4.69) is 5.92 Å². The maximum Gasteiger partial charge on any atom is 0.320 e. The number of likely N-dealkylation sites (tertiary alicyclic amines) is 1. The van der Waals surface area contributed by atoms with Crippen LogP contribution < -0.4 is 0 Å². The van der Waals surface area contributed by atoms with Crippen LogP contribution in [0.3, 0.4) is 0 Å². The van der Waals surface area contributed by atoms with E-state index in [4.69, 9.17) is 11.5 Å². The van der Waals surface area contributed by atoms with Crippen molar-refractivity contribution >= 4 is 12.0 Å². The smallest absolute Gasteiger partial charge is 0.320 e. The Kier molecular flexibility index (Phi) is 2.97. The van der Waals surface area contributed by atoms with Crippen molar-refractivity contribution in [1.29, 1.82) is 0 Å². The summed E-state index contributed by atoms with van der Waals surface area (Å²) < 4.78 is 0. The van der Waals surface area contributed by atoms with E-state index in [9.17, 15) is 9.59 Å². The zero-order chi connectivity index (χ0) is 10.7. The van der Waals surface area contributed by atoms with Crippen LogP contribution in [0.4, 0.5) is 4.79 Å². The first-order chi connectivity index (χ1) is 6.56. The van der Waals surface area contributed by atoms with Gasteiger partial charge in [0.2, 0.25) is 0 Å². The lowest BCUT2D eigenvalue weighted by atomic mass is 10.0. The Morgan fingerprint density at radius 3 is 2.64 bits per heavy atom. The average molecular weight is 196 g/mol. The lowest BCUT2D eigenvalue weighted by molar-refractivity contribution is -0.146. The van der Waals surface area contributed by atoms with Crippen molar-refractivity contribution in [2.45, 2.75) is 0 Å². The van der Waals surface area contributed by atoms with Gasteiger partial charge in [0, 0.05) is 20.1 Å². The van der Waals surface area contributed by atoms with E-state index in [0.29, 0.717) is 0 Å². The second kappa shape index (κ2) is 4.01. The number of aliphatic carboxylic acids is 1. The fourth-order valence-corrected chi connectivity index (χ4v) is 1.24. The molecule has 1 aliphatic heterocycles. The molecule has 0 aromatic carbocycles. The number of hydrogen-bond donors (Lipinski definition) is 1. The summed E-state index contributed by atoms with van der Waals surface area (Å²) >= 11 is 0. The maximum absolute atomic E-state index is 11.4. The van der Waals surface area contributed by atoms with Crippen molar-refractivity contribution in [1.82, 2.24) is 9.80 Å². The van der Waals surface area contributed by atoms with Gasteiger partial charge in [-0.25, -0.2) is 4.79 Å². The summed E-state index contributed by atoms with van der Waals surface area (Å²) in [5.41, 5.74) is 0. The number of urea groups is 1. The van der Waals surface area contributed by atoms with E-state index in [0.717, 1.165) is 0 Å². The van der Waals surface area contributed by atoms with Crippen molar-refractivity contribution in [3.8, 4) is 12.3 Å². The quantitative estimate of drug-likeness (QED) is 0.616. The van der Waals surface area contributed by atoms with Crippen LogP contribution in [0, 0.1) is 18.3 Å². The molecular weight excluding hydrogens is 184 g/mol. The fourth-order valence-electron chi connectivity index (χ4n) is 1.24. The molecule has 14 heavy (non-hydrogen) atoms. The number of carbonyl (C=O) groups is 2. The van der Waals surface area contributed by atoms with E-state index < -0.39 is 11.9 Å². The Balaban J connectivity index is 2.37. The van der Waals surface area contributed by atoms with Gasteiger partial charge in [-0.3, -0.25) is 4.79 Å². The van der Waals surface area contributed by atoms with E-state index in [1.165, 1.54) is 9.80 Å². The molecule has 5 heteroatoms. The number of nitrogens with zero attached hydrogens (tertiary/aromatic N) is 2. The molecule has 76 valence electrons. The molecule has 2 amide bonds. The Bertz CT molecular complexity index is 289. The molecule has 1 aliphatic rings. The second-order valence-electron chi connectivity index (χ2n) is 3.28. The molecule has 0 spiro atoms. The SMILES string of the molecule is C#CCN(C)C(=O)N1CC(C(=O)O)C1. The van der Waals surface area contributed by atoms with Crippen LogP contribution in [-0.2, 0) is 4.79 Å². The number of carbonyl (C=O) groups excluding carboxylic acids is 1. The number of amides is 2. The molecular formula is C9H12N2O3. The van der Waals surface area contributed by atoms with Gasteiger partial charge in [0.1, 0.15) is 0 Å². The summed E-state index contributed by atoms with van der Waals surface area (Å²) in [6.45, 7) is 0.805. The predicted molar refractivity (Wildman–Crippen MR) is 49.6 cm³/mol. The summed E-state index contributed by atoms with van der Waals surface area (Å²) in [6, 6.07) is -0.208. The molecule has 1 heterocycles. The monoisotopic (exact) mass is 196 g/mol. The Morgan fingerprint density at radius 2 is 2.21 bits per heavy atom. The van der Waals surface area contributed by atoms with Gasteiger partial charge in [0.15, 0.2) is 0 Å². The van der Waals surface area contributed by atoms with Gasteiger partial charge in [0.25, 0.3) is 0 Å². The van der Waals surface area contributed by atoms with Gasteiger partial charge in [0.05, 0.1) is 12.5 Å². The number of carboxylic acid groups (broad SMARTS) is 1. The minimum absolute atomic E-state index is 0.208. The first-order valence-electron chi connectivity index (χ1n) is 4.22. The number of terminal acetylenes is 1. The van der Waals surface area contributed by atoms with Crippen molar-refractivity contribution in [3.63, 3.8) is 0 Å². The van der Waals surface area contributed by atoms with Gasteiger partial charge in [-0.2, -0.15) is 0 Å². The molecule has 0 aromatic heterocycles. The number of rotatable bonds is 2. The molecule has 0 unspecified atom stereocenters. The van der Waals surface area contributed by atoms with Crippen LogP contribution in [0.15, 0.2) is 0 Å². The Labute approximate surface area is 82.3 Å². The minimum Gasteiger partial charge on any atom is -0.481 e. The zero-order valence-corrected chi connectivity index (χ0v) is 7.93. The van der Waals surface area contributed by atoms with Crippen molar-refractivity contribution in [2.24, 2.45) is 5.92 Å². The van der Waals surface area contributed by atoms with Gasteiger partial charge in [-0.15, -0.1) is 6.42 Å². The normalized spacial score (nSPS) is 15.6. The van der Waals surface area contributed by atoms with Gasteiger partial charge < -0.3 is 14.9 Å². The highest BCUT2D eigenvalue weighted by Crippen LogP contribution is 2.16. The van der Waals surface area contributed by atoms with E-state index >= 15 is 0 Å². The molecule has 1 N–H and O–H groups in total. The van der Waals surface area contributed by atoms with Crippen molar-refractivity contribution in [3.05, 3.63) is 0 Å². The molecule has 0 aliphatic carbocycles. The summed E-state index contributed by atoms with van der Waals surface area (Å²) in [4.78, 5) is 24.8. The highest BCUT2D eigenvalue weighted by molar-refractivity contribution is 5.79. The summed E-state index contributed by atoms with van der Waals surface area (Å²) in [5, 5.41) is 8.59. The third-order valence-electron chi connectivity index (χ3n) is 2.16. The Morgan fingerprint density at radius 1 is 1.64 bits per heavy atom. The summed E-state index contributed by atoms with van der Waals surface area (Å²) in [7, 11) is 1.59. The van der Waals surface area contributed by atoms with Gasteiger partial charge in [-0.05, 0) is 0 Å². The van der Waals surface area contributed by atoms with Crippen LogP contribution in [0.1, 0.15) is 0 Å². The molecule has 0 bridgehead atoms. The minimum atomic E-state index is -0.853. The topological polar surface area (TPSA) is 60.9 Å². The second-order valence-corrected chi connectivity index (χ2v) is 3.28. The average Bonchev–Trinajstić information content (AvgIpc) is 2.00. The van der Waals surface area contributed by atoms with Gasteiger partial charge >= 0.3 is 12.0 Å². The van der Waals surface area contributed by atoms with Crippen LogP contribution >= 0.6 is 0 Å². The molecule has 1 saturated heterocycles. The van der Waals surface area contributed by atoms with Crippen LogP contribution in [0.25, 0.3) is 0 Å². The lowest BCUT2D eigenvalue weighted by Crippen LogP contribution is -2.56. The number of hydrogen-bond acceptors (Lipinski definition) is 2. The molecule has 0 radical (unpaired) electrons. The van der Waals surface area contributed by atoms with Crippen LogP contribution in [0.2, 0.25) is 0 Å². The highest BCUT2D eigenvalue weighted by atomic mass is 16.4. The molecule has 0 saturated carbocycles. The third-order valence-corrected chi connectivity index (χ3v) is 2.16. The highest BCUT2D eigenvalue weighted by Gasteiger charge is 2.36. The molecule has 1 rings (SSSR count). The third kappa shape index (κ3) is 1.96. The molecule has 0 atom stereocenters.